The van der Waals surface area contributed by atoms with Crippen molar-refractivity contribution < 1.29 is 5.02 Å². The van der Waals surface area contributed by atoms with Crippen molar-refractivity contribution in [3.8, 4) is 28.7 Å². The Hall–Kier alpha value is -4.29. The third kappa shape index (κ3) is 3.37. The molecule has 2 heterocycles. The monoisotopic (exact) mass is 425 g/mol. The van der Waals surface area contributed by atoms with Crippen LogP contribution in [0, 0.1) is 0 Å². The van der Waals surface area contributed by atoms with Crippen LogP contribution in [0.2, 0.25) is 0 Å². The number of nitrogens with zero attached hydrogens (tertiary/aromatic N) is 4. The summed E-state index contributed by atoms with van der Waals surface area (Å²) in [6.07, 6.45) is 0. The van der Waals surface area contributed by atoms with Gasteiger partial charge in [-0.3, -0.25) is 4.57 Å². The third-order valence-corrected chi connectivity index (χ3v) is 5.73. The molecule has 0 saturated heterocycles. The predicted octanol–water partition coefficient (Wildman–Crippen LogP) is 4.54. The molecule has 0 spiro atoms. The molecular weight excluding hydrogens is 407 g/mol. The van der Waals surface area contributed by atoms with Gasteiger partial charge in [0.1, 0.15) is 0 Å². The highest BCUT2D eigenvalue weighted by Crippen LogP contribution is 2.31. The number of rotatable bonds is 4. The van der Waals surface area contributed by atoms with Crippen molar-refractivity contribution in [1.29, 1.82) is 0 Å². The summed E-state index contributed by atoms with van der Waals surface area (Å²) in [7, 11) is 1.11. The highest BCUT2D eigenvalue weighted by atomic mass is 16.2. The SMILES string of the molecule is O[B]c1ccc2c3ccccc3n(-c3nc(-c4ccccc4)nc(-c4ccccc4)n3)c2c1. The highest BCUT2D eigenvalue weighted by Gasteiger charge is 2.17. The molecule has 0 saturated carbocycles. The van der Waals surface area contributed by atoms with Crippen molar-refractivity contribution >= 4 is 34.8 Å². The summed E-state index contributed by atoms with van der Waals surface area (Å²) in [5.74, 6) is 1.74. The Morgan fingerprint density at radius 1 is 0.576 bits per heavy atom. The molecule has 0 bridgehead atoms. The van der Waals surface area contributed by atoms with Crippen LogP contribution in [-0.2, 0) is 0 Å². The molecule has 33 heavy (non-hydrogen) atoms. The first kappa shape index (κ1) is 19.4. The minimum atomic E-state index is 0.531. The number of aromatic nitrogens is 4. The smallest absolute Gasteiger partial charge is 0.326 e. The lowest BCUT2D eigenvalue weighted by Gasteiger charge is -2.11. The molecule has 0 aliphatic carbocycles. The summed E-state index contributed by atoms with van der Waals surface area (Å²) in [6.45, 7) is 0. The van der Waals surface area contributed by atoms with Crippen molar-refractivity contribution in [3.05, 3.63) is 103 Å². The molecule has 1 N–H and O–H groups in total. The molecular formula is C27H18BN4O. The van der Waals surface area contributed by atoms with E-state index in [-0.39, 0.29) is 0 Å². The molecule has 6 aromatic rings. The van der Waals surface area contributed by atoms with E-state index in [9.17, 15) is 5.02 Å². The van der Waals surface area contributed by atoms with E-state index in [1.54, 1.807) is 0 Å². The van der Waals surface area contributed by atoms with E-state index in [2.05, 4.69) is 12.1 Å². The molecule has 0 fully saturated rings. The van der Waals surface area contributed by atoms with Crippen LogP contribution in [0.1, 0.15) is 0 Å². The van der Waals surface area contributed by atoms with Gasteiger partial charge in [0.15, 0.2) is 11.6 Å². The molecule has 1 radical (unpaired) electrons. The molecule has 6 rings (SSSR count). The van der Waals surface area contributed by atoms with Crippen LogP contribution in [0.5, 0.6) is 0 Å². The zero-order chi connectivity index (χ0) is 22.2. The number of para-hydroxylation sites is 1. The summed E-state index contributed by atoms with van der Waals surface area (Å²) in [4.78, 5) is 14.6. The van der Waals surface area contributed by atoms with E-state index in [4.69, 9.17) is 15.0 Å². The van der Waals surface area contributed by atoms with Crippen molar-refractivity contribution in [3.63, 3.8) is 0 Å². The van der Waals surface area contributed by atoms with E-state index in [0.29, 0.717) is 23.1 Å². The second-order valence-corrected chi connectivity index (χ2v) is 7.77. The van der Waals surface area contributed by atoms with Crippen LogP contribution in [0.25, 0.3) is 50.5 Å². The Balaban J connectivity index is 1.70. The van der Waals surface area contributed by atoms with E-state index >= 15 is 0 Å². The summed E-state index contributed by atoms with van der Waals surface area (Å²) >= 11 is 0. The Bertz CT molecular complexity index is 1540. The Labute approximate surface area is 191 Å². The topological polar surface area (TPSA) is 63.8 Å². The predicted molar refractivity (Wildman–Crippen MR) is 133 cm³/mol. The van der Waals surface area contributed by atoms with Crippen LogP contribution in [0.15, 0.2) is 103 Å². The number of fused-ring (bicyclic) bond motifs is 3. The molecule has 4 aromatic carbocycles. The van der Waals surface area contributed by atoms with E-state index in [1.165, 1.54) is 0 Å². The second kappa shape index (κ2) is 8.00. The summed E-state index contributed by atoms with van der Waals surface area (Å²) in [5.41, 5.74) is 4.47. The second-order valence-electron chi connectivity index (χ2n) is 7.77. The molecule has 0 atom stereocenters. The average molecular weight is 425 g/mol. The molecule has 5 nitrogen and oxygen atoms in total. The van der Waals surface area contributed by atoms with Crippen LogP contribution in [0.3, 0.4) is 0 Å². The zero-order valence-corrected chi connectivity index (χ0v) is 17.6. The van der Waals surface area contributed by atoms with Gasteiger partial charge in [0.2, 0.25) is 5.95 Å². The summed E-state index contributed by atoms with van der Waals surface area (Å²) in [6, 6.07) is 33.9. The van der Waals surface area contributed by atoms with Gasteiger partial charge in [-0.25, -0.2) is 4.98 Å². The van der Waals surface area contributed by atoms with Gasteiger partial charge in [-0.05, 0) is 12.1 Å². The van der Waals surface area contributed by atoms with E-state index in [0.717, 1.165) is 40.4 Å². The van der Waals surface area contributed by atoms with E-state index < -0.39 is 0 Å². The van der Waals surface area contributed by atoms with Crippen molar-refractivity contribution in [2.24, 2.45) is 0 Å². The number of hydrogen-bond acceptors (Lipinski definition) is 4. The Morgan fingerprint density at radius 2 is 1.15 bits per heavy atom. The van der Waals surface area contributed by atoms with Crippen LogP contribution >= 0.6 is 0 Å². The Morgan fingerprint density at radius 3 is 1.79 bits per heavy atom. The largest absolute Gasteiger partial charge is 0.450 e. The summed E-state index contributed by atoms with van der Waals surface area (Å²) < 4.78 is 2.04. The molecule has 2 aromatic heterocycles. The van der Waals surface area contributed by atoms with Gasteiger partial charge in [0, 0.05) is 21.9 Å². The van der Waals surface area contributed by atoms with Gasteiger partial charge in [0.25, 0.3) is 0 Å². The minimum absolute atomic E-state index is 0.531. The molecule has 155 valence electrons. The first-order valence-electron chi connectivity index (χ1n) is 10.7. The molecule has 0 amide bonds. The van der Waals surface area contributed by atoms with Crippen molar-refractivity contribution in [2.45, 2.75) is 0 Å². The standard InChI is InChI=1S/C27H18BN4O/c33-28-20-15-16-22-21-13-7-8-14-23(21)32(24(22)17-20)27-30-25(18-9-3-1-4-10-18)29-26(31-27)19-11-5-2-6-12-19/h1-17,33H. The molecule has 0 unspecified atom stereocenters. The van der Waals surface area contributed by atoms with Crippen LogP contribution in [-0.4, -0.2) is 32.0 Å². The normalized spacial score (nSPS) is 11.2. The first-order chi connectivity index (χ1) is 16.3. The zero-order valence-electron chi connectivity index (χ0n) is 17.6. The van der Waals surface area contributed by atoms with Crippen LogP contribution < -0.4 is 5.46 Å². The molecule has 0 aliphatic heterocycles. The summed E-state index contributed by atoms with van der Waals surface area (Å²) in [5, 5.41) is 11.8. The maximum absolute atomic E-state index is 9.64. The lowest BCUT2D eigenvalue weighted by molar-refractivity contribution is 0.615. The van der Waals surface area contributed by atoms with E-state index in [1.807, 2.05) is 95.6 Å². The van der Waals surface area contributed by atoms with Crippen LogP contribution in [0.4, 0.5) is 0 Å². The maximum Gasteiger partial charge on any atom is 0.326 e. The van der Waals surface area contributed by atoms with Crippen molar-refractivity contribution in [1.82, 2.24) is 19.5 Å². The average Bonchev–Trinajstić information content (AvgIpc) is 3.23. The minimum Gasteiger partial charge on any atom is -0.450 e. The fourth-order valence-electron chi connectivity index (χ4n) is 4.18. The van der Waals surface area contributed by atoms with Crippen molar-refractivity contribution in [2.75, 3.05) is 0 Å². The van der Waals surface area contributed by atoms with Gasteiger partial charge in [-0.15, -0.1) is 0 Å². The fraction of sp³-hybridized carbons (Fsp3) is 0. The van der Waals surface area contributed by atoms with Gasteiger partial charge in [0.05, 0.1) is 11.0 Å². The van der Waals surface area contributed by atoms with Gasteiger partial charge in [-0.2, -0.15) is 9.97 Å². The molecule has 0 aliphatic rings. The van der Waals surface area contributed by atoms with Gasteiger partial charge < -0.3 is 5.02 Å². The fourth-order valence-corrected chi connectivity index (χ4v) is 4.18. The van der Waals surface area contributed by atoms with Gasteiger partial charge in [-0.1, -0.05) is 96.5 Å². The molecule has 6 heteroatoms. The van der Waals surface area contributed by atoms with Gasteiger partial charge >= 0.3 is 7.48 Å². The quantitative estimate of drug-likeness (QED) is 0.422. The lowest BCUT2D eigenvalue weighted by Crippen LogP contribution is -2.13. The maximum atomic E-state index is 9.64. The number of benzene rings is 4. The number of hydrogen-bond donors (Lipinski definition) is 1. The lowest BCUT2D eigenvalue weighted by atomic mass is 9.88. The third-order valence-electron chi connectivity index (χ3n) is 5.73. The first-order valence-corrected chi connectivity index (χ1v) is 10.7. The Kier molecular flexibility index (Phi) is 4.71. The highest BCUT2D eigenvalue weighted by molar-refractivity contribution is 6.46.